The second-order valence-corrected chi connectivity index (χ2v) is 9.84. The number of sulfonamides is 1. The largest absolute Gasteiger partial charge is 0.247 e. The van der Waals surface area contributed by atoms with E-state index in [4.69, 9.17) is 11.6 Å². The molecule has 2 heterocycles. The summed E-state index contributed by atoms with van der Waals surface area (Å²) in [6.45, 7) is 0.135. The normalized spacial score (nSPS) is 21.8. The van der Waals surface area contributed by atoms with Crippen LogP contribution in [0.3, 0.4) is 0 Å². The molecule has 1 aliphatic heterocycles. The van der Waals surface area contributed by atoms with Crippen molar-refractivity contribution in [2.45, 2.75) is 10.3 Å². The van der Waals surface area contributed by atoms with Crippen LogP contribution in [0.25, 0.3) is 0 Å². The van der Waals surface area contributed by atoms with Gasteiger partial charge in [0.2, 0.25) is 10.0 Å². The maximum atomic E-state index is 12.6. The van der Waals surface area contributed by atoms with E-state index in [9.17, 15) is 16.8 Å². The lowest BCUT2D eigenvalue weighted by molar-refractivity contribution is 0.405. The molecule has 10 heteroatoms. The summed E-state index contributed by atoms with van der Waals surface area (Å²) in [5.74, 6) is 0.763. The van der Waals surface area contributed by atoms with Gasteiger partial charge in [-0.3, -0.25) is 0 Å². The highest BCUT2D eigenvalue weighted by molar-refractivity contribution is 8.01. The lowest BCUT2D eigenvalue weighted by Gasteiger charge is -2.32. The van der Waals surface area contributed by atoms with E-state index in [1.165, 1.54) is 30.1 Å². The van der Waals surface area contributed by atoms with Gasteiger partial charge >= 0.3 is 0 Å². The third-order valence-electron chi connectivity index (χ3n) is 2.84. The Morgan fingerprint density at radius 1 is 1.40 bits per heavy atom. The molecule has 0 saturated carbocycles. The summed E-state index contributed by atoms with van der Waals surface area (Å²) >= 11 is 7.23. The summed E-state index contributed by atoms with van der Waals surface area (Å²) in [5.41, 5.74) is 0. The van der Waals surface area contributed by atoms with E-state index in [0.717, 1.165) is 10.6 Å². The van der Waals surface area contributed by atoms with Crippen molar-refractivity contribution in [3.63, 3.8) is 0 Å². The molecule has 0 aromatic carbocycles. The van der Waals surface area contributed by atoms with Crippen molar-refractivity contribution in [2.24, 2.45) is 0 Å². The first-order valence-electron chi connectivity index (χ1n) is 5.63. The zero-order chi connectivity index (χ0) is 15.0. The molecule has 0 amide bonds. The van der Waals surface area contributed by atoms with Crippen LogP contribution in [0.4, 0.5) is 0 Å². The predicted octanol–water partition coefficient (Wildman–Crippen LogP) is 0.843. The fourth-order valence-corrected chi connectivity index (χ4v) is 7.47. The van der Waals surface area contributed by atoms with Gasteiger partial charge < -0.3 is 0 Å². The second-order valence-electron chi connectivity index (χ2n) is 4.27. The molecule has 20 heavy (non-hydrogen) atoms. The highest BCUT2D eigenvalue weighted by Crippen LogP contribution is 2.29. The highest BCUT2D eigenvalue weighted by atomic mass is 35.5. The number of pyridine rings is 1. The molecule has 1 unspecified atom stereocenters. The molecule has 2 rings (SSSR count). The molecule has 1 fully saturated rings. The summed E-state index contributed by atoms with van der Waals surface area (Å²) in [7, 11) is -7.50. The maximum Gasteiger partial charge on any atom is 0.247 e. The molecule has 1 atom stereocenters. The Kier molecular flexibility index (Phi) is 4.65. The van der Waals surface area contributed by atoms with Crippen molar-refractivity contribution in [3.8, 4) is 0 Å². The van der Waals surface area contributed by atoms with E-state index in [1.807, 2.05) is 0 Å². The number of hydrogen-bond donors (Lipinski definition) is 0. The summed E-state index contributed by atoms with van der Waals surface area (Å²) < 4.78 is 49.8. The number of thioether (sulfide) groups is 1. The smallest absolute Gasteiger partial charge is 0.243 e. The van der Waals surface area contributed by atoms with Gasteiger partial charge in [0.15, 0.2) is 9.84 Å². The molecule has 0 radical (unpaired) electrons. The van der Waals surface area contributed by atoms with Crippen LogP contribution in [0.1, 0.15) is 0 Å². The van der Waals surface area contributed by atoms with Crippen LogP contribution in [0.5, 0.6) is 0 Å². The molecule has 0 spiro atoms. The number of nitrogens with zero attached hydrogens (tertiary/aromatic N) is 2. The maximum absolute atomic E-state index is 12.6. The van der Waals surface area contributed by atoms with Crippen LogP contribution in [-0.2, 0) is 19.9 Å². The van der Waals surface area contributed by atoms with Gasteiger partial charge in [0, 0.05) is 30.5 Å². The summed E-state index contributed by atoms with van der Waals surface area (Å²) in [5, 5.41) is -1.22. The highest BCUT2D eigenvalue weighted by Gasteiger charge is 2.40. The van der Waals surface area contributed by atoms with Crippen LogP contribution < -0.4 is 0 Å². The molecule has 0 bridgehead atoms. The zero-order valence-electron chi connectivity index (χ0n) is 10.6. The third kappa shape index (κ3) is 3.11. The Morgan fingerprint density at radius 2 is 2.10 bits per heavy atom. The van der Waals surface area contributed by atoms with Gasteiger partial charge in [-0.25, -0.2) is 21.8 Å². The van der Waals surface area contributed by atoms with Gasteiger partial charge in [0.25, 0.3) is 0 Å². The standard InChI is InChI=1S/C10H13ClN2O4S3/c1-19(14,15)9-7-18-6-5-13(9)20(16,17)8-3-2-4-12-10(8)11/h2-4,9H,5-7H2,1H3. The SMILES string of the molecule is CS(=O)(=O)C1CSCCN1S(=O)(=O)c1cccnc1Cl. The fraction of sp³-hybridized carbons (Fsp3) is 0.500. The first-order valence-corrected chi connectivity index (χ1v) is 10.6. The third-order valence-corrected chi connectivity index (χ3v) is 7.97. The Labute approximate surface area is 127 Å². The molecule has 6 nitrogen and oxygen atoms in total. The number of halogens is 1. The van der Waals surface area contributed by atoms with Gasteiger partial charge in [-0.15, -0.1) is 0 Å². The molecule has 1 aliphatic rings. The molecule has 112 valence electrons. The van der Waals surface area contributed by atoms with Gasteiger partial charge in [-0.05, 0) is 12.1 Å². The first-order chi connectivity index (χ1) is 9.24. The molecule has 0 N–H and O–H groups in total. The summed E-state index contributed by atoms with van der Waals surface area (Å²) in [4.78, 5) is 3.57. The monoisotopic (exact) mass is 356 g/mol. The molecule has 0 aliphatic carbocycles. The van der Waals surface area contributed by atoms with Crippen LogP contribution in [0.15, 0.2) is 23.2 Å². The summed E-state index contributed by atoms with van der Waals surface area (Å²) in [6, 6.07) is 2.78. The first kappa shape index (κ1) is 16.0. The number of rotatable bonds is 3. The summed E-state index contributed by atoms with van der Waals surface area (Å²) in [6.07, 6.45) is 2.42. The van der Waals surface area contributed by atoms with Crippen LogP contribution in [0.2, 0.25) is 5.15 Å². The van der Waals surface area contributed by atoms with Crippen molar-refractivity contribution in [3.05, 3.63) is 23.5 Å². The number of sulfone groups is 1. The second kappa shape index (κ2) is 5.80. The lowest BCUT2D eigenvalue weighted by Crippen LogP contribution is -2.49. The number of hydrogen-bond acceptors (Lipinski definition) is 6. The fourth-order valence-electron chi connectivity index (χ4n) is 1.87. The average molecular weight is 357 g/mol. The van der Waals surface area contributed by atoms with E-state index in [0.29, 0.717) is 5.75 Å². The minimum absolute atomic E-state index is 0.135. The molecule has 1 aromatic rings. The van der Waals surface area contributed by atoms with Crippen molar-refractivity contribution in [1.82, 2.24) is 9.29 Å². The van der Waals surface area contributed by atoms with E-state index in [-0.39, 0.29) is 22.3 Å². The van der Waals surface area contributed by atoms with Gasteiger partial charge in [-0.2, -0.15) is 16.1 Å². The number of aromatic nitrogens is 1. The Morgan fingerprint density at radius 3 is 2.70 bits per heavy atom. The van der Waals surface area contributed by atoms with E-state index >= 15 is 0 Å². The quantitative estimate of drug-likeness (QED) is 0.746. The van der Waals surface area contributed by atoms with Crippen LogP contribution in [0, 0.1) is 0 Å². The minimum atomic E-state index is -3.98. The topological polar surface area (TPSA) is 84.4 Å². The Hall–Kier alpha value is -0.350. The molecule has 1 aromatic heterocycles. The minimum Gasteiger partial charge on any atom is -0.243 e. The van der Waals surface area contributed by atoms with E-state index < -0.39 is 25.2 Å². The average Bonchev–Trinajstić information content (AvgIpc) is 2.38. The van der Waals surface area contributed by atoms with Crippen molar-refractivity contribution < 1.29 is 16.8 Å². The predicted molar refractivity (Wildman–Crippen MR) is 79.1 cm³/mol. The van der Waals surface area contributed by atoms with Gasteiger partial charge in [0.1, 0.15) is 15.4 Å². The molecular weight excluding hydrogens is 344 g/mol. The van der Waals surface area contributed by atoms with E-state index in [2.05, 4.69) is 4.98 Å². The Bertz CT molecular complexity index is 705. The van der Waals surface area contributed by atoms with Crippen molar-refractivity contribution in [2.75, 3.05) is 24.3 Å². The molecular formula is C10H13ClN2O4S3. The van der Waals surface area contributed by atoms with Crippen LogP contribution >= 0.6 is 23.4 Å². The van der Waals surface area contributed by atoms with Gasteiger partial charge in [0.05, 0.1) is 0 Å². The Balaban J connectivity index is 2.50. The lowest BCUT2D eigenvalue weighted by atomic mass is 10.5. The zero-order valence-corrected chi connectivity index (χ0v) is 13.8. The molecule has 1 saturated heterocycles. The van der Waals surface area contributed by atoms with Gasteiger partial charge in [-0.1, -0.05) is 11.6 Å². The van der Waals surface area contributed by atoms with E-state index in [1.54, 1.807) is 0 Å². The van der Waals surface area contributed by atoms with Crippen LogP contribution in [-0.4, -0.2) is 55.8 Å². The van der Waals surface area contributed by atoms with Crippen molar-refractivity contribution >= 4 is 43.2 Å². The van der Waals surface area contributed by atoms with Crippen molar-refractivity contribution in [1.29, 1.82) is 0 Å².